The number of nitrogens with zero attached hydrogens (tertiary/aromatic N) is 3. The fourth-order valence-electron chi connectivity index (χ4n) is 12.7. The summed E-state index contributed by atoms with van der Waals surface area (Å²) >= 11 is 1.95. The first kappa shape index (κ1) is 47.1. The Morgan fingerprint density at radius 2 is 1.00 bits per heavy atom. The summed E-state index contributed by atoms with van der Waals surface area (Å²) in [5, 5.41) is 7.48. The topological polar surface area (TPSA) is 26.2 Å². The van der Waals surface area contributed by atoms with Gasteiger partial charge in [0.1, 0.15) is 11.2 Å². The molecule has 0 aliphatic carbocycles. The number of hydrogen-bond donors (Lipinski definition) is 0. The molecule has 0 N–H and O–H groups in total. The molecule has 4 nitrogen and oxygen atoms in total. The number of anilines is 3. The van der Waals surface area contributed by atoms with Crippen molar-refractivity contribution in [1.29, 1.82) is 0 Å². The first-order valence-electron chi connectivity index (χ1n) is 27.5. The van der Waals surface area contributed by atoms with E-state index in [0.717, 1.165) is 36.1 Å². The third-order valence-corrected chi connectivity index (χ3v) is 18.0. The summed E-state index contributed by atoms with van der Waals surface area (Å²) < 4.78 is 11.8. The highest BCUT2D eigenvalue weighted by molar-refractivity contribution is 8.00. The summed E-state index contributed by atoms with van der Waals surface area (Å²) in [7, 11) is 0. The highest BCUT2D eigenvalue weighted by atomic mass is 32.2. The van der Waals surface area contributed by atoms with Crippen LogP contribution < -0.4 is 21.3 Å². The Morgan fingerprint density at radius 3 is 1.62 bits per heavy atom. The maximum atomic E-state index is 6.81. The average molecular weight is 1010 g/mol. The third-order valence-electron chi connectivity index (χ3n) is 16.8. The van der Waals surface area contributed by atoms with E-state index in [0.29, 0.717) is 0 Å². The number of para-hydroxylation sites is 3. The Morgan fingerprint density at radius 1 is 0.434 bits per heavy atom. The van der Waals surface area contributed by atoms with Gasteiger partial charge in [-0.15, -0.1) is 0 Å². The molecule has 0 saturated heterocycles. The Hall–Kier alpha value is -7.41. The first-order valence-corrected chi connectivity index (χ1v) is 28.3. The van der Waals surface area contributed by atoms with Crippen LogP contribution in [0.15, 0.2) is 184 Å². The van der Waals surface area contributed by atoms with E-state index in [4.69, 9.17) is 4.42 Å². The zero-order valence-electron chi connectivity index (χ0n) is 45.5. The Bertz CT molecular complexity index is 4390. The lowest BCUT2D eigenvalue weighted by Crippen LogP contribution is -2.60. The summed E-state index contributed by atoms with van der Waals surface area (Å²) in [5.74, 6) is 0. The van der Waals surface area contributed by atoms with Gasteiger partial charge in [0.15, 0.2) is 0 Å². The van der Waals surface area contributed by atoms with Gasteiger partial charge < -0.3 is 18.5 Å². The van der Waals surface area contributed by atoms with Gasteiger partial charge in [-0.3, -0.25) is 0 Å². The fourth-order valence-corrected chi connectivity index (χ4v) is 13.9. The van der Waals surface area contributed by atoms with Gasteiger partial charge in [-0.05, 0) is 147 Å². The molecule has 12 aromatic rings. The molecule has 14 rings (SSSR count). The van der Waals surface area contributed by atoms with Gasteiger partial charge in [0.2, 0.25) is 6.71 Å². The van der Waals surface area contributed by atoms with E-state index in [9.17, 15) is 0 Å². The zero-order chi connectivity index (χ0) is 52.2. The van der Waals surface area contributed by atoms with E-state index in [1.54, 1.807) is 0 Å². The van der Waals surface area contributed by atoms with E-state index in [2.05, 4.69) is 253 Å². The Kier molecular flexibility index (Phi) is 10.4. The fraction of sp³-hybridized carbons (Fsp3) is 0.229. The van der Waals surface area contributed by atoms with Crippen molar-refractivity contribution in [3.8, 4) is 11.4 Å². The minimum Gasteiger partial charge on any atom is -0.456 e. The first-order chi connectivity index (χ1) is 36.5. The summed E-state index contributed by atoms with van der Waals surface area (Å²) in [6.07, 6.45) is 3.15. The van der Waals surface area contributed by atoms with Crippen molar-refractivity contribution in [3.05, 3.63) is 192 Å². The van der Waals surface area contributed by atoms with Crippen LogP contribution in [0.25, 0.3) is 76.9 Å². The van der Waals surface area contributed by atoms with Crippen molar-refractivity contribution in [1.82, 2.24) is 9.13 Å². The van der Waals surface area contributed by atoms with Gasteiger partial charge in [-0.2, -0.15) is 0 Å². The maximum absolute atomic E-state index is 6.81. The SMILES string of the molecule is CCCCc1cc2c(cc1N1c3cc(-n4c5ccccc5c5cc(C(C)(C)C)ccc54)ccc3B3c4ccc(-n5c6ccccc6c6cc(C(C)(C)C)ccc65)cc4Sc4cc(C(C)(C)C)cc1c43)oc1ccccc12. The highest BCUT2D eigenvalue weighted by Crippen LogP contribution is 2.48. The standard InChI is InChI=1S/C70H64BN3OS/c1-11-12-19-42-34-53-50-22-15-18-25-63(50)75-64(53)41-60(42)74-61-39-46(72-56-23-16-13-20-48(56)51-35-43(68(2,3)4)26-32-58(51)72)28-30-54(61)71-55-31-29-47(40-65(55)76-66-38-45(70(8,9)10)37-62(74)67(66)71)73-57-24-17-14-21-49(57)52-36-44(69(5,6)7)27-33-59(52)73/h13-18,20-41H,11-12,19H2,1-10H3. The van der Waals surface area contributed by atoms with Gasteiger partial charge in [-0.25, -0.2) is 0 Å². The number of furan rings is 1. The van der Waals surface area contributed by atoms with Gasteiger partial charge in [0.05, 0.1) is 27.8 Å². The molecule has 0 fully saturated rings. The number of aromatic nitrogens is 2. The molecular weight excluding hydrogens is 942 g/mol. The molecule has 9 aromatic carbocycles. The van der Waals surface area contributed by atoms with Crippen molar-refractivity contribution in [2.75, 3.05) is 4.90 Å². The minimum absolute atomic E-state index is 0.00127. The lowest BCUT2D eigenvalue weighted by molar-refractivity contribution is 0.589. The minimum atomic E-state index is -0.116. The van der Waals surface area contributed by atoms with Crippen LogP contribution in [0.3, 0.4) is 0 Å². The van der Waals surface area contributed by atoms with Crippen molar-refractivity contribution in [2.24, 2.45) is 0 Å². The van der Waals surface area contributed by atoms with E-state index in [1.807, 2.05) is 11.8 Å². The largest absolute Gasteiger partial charge is 0.456 e. The molecule has 0 spiro atoms. The summed E-state index contributed by atoms with van der Waals surface area (Å²) in [5.41, 5.74) is 22.0. The molecule has 0 amide bonds. The van der Waals surface area contributed by atoms with Crippen LogP contribution in [0.4, 0.5) is 17.1 Å². The van der Waals surface area contributed by atoms with Gasteiger partial charge in [0, 0.05) is 70.9 Å². The predicted octanol–water partition coefficient (Wildman–Crippen LogP) is 17.8. The second-order valence-corrected chi connectivity index (χ2v) is 25.9. The average Bonchev–Trinajstić information content (AvgIpc) is 4.07. The number of fused-ring (bicyclic) bond motifs is 13. The lowest BCUT2D eigenvalue weighted by Gasteiger charge is -2.42. The highest BCUT2D eigenvalue weighted by Gasteiger charge is 2.43. The Labute approximate surface area is 451 Å². The van der Waals surface area contributed by atoms with Gasteiger partial charge in [-0.1, -0.05) is 172 Å². The molecule has 0 radical (unpaired) electrons. The number of aryl methyl sites for hydroxylation is 1. The van der Waals surface area contributed by atoms with Crippen LogP contribution in [-0.2, 0) is 22.7 Å². The molecule has 2 aliphatic rings. The van der Waals surface area contributed by atoms with Crippen LogP contribution >= 0.6 is 11.8 Å². The van der Waals surface area contributed by atoms with E-state index in [-0.39, 0.29) is 23.0 Å². The second kappa shape index (κ2) is 16.8. The number of benzene rings is 9. The van der Waals surface area contributed by atoms with Crippen molar-refractivity contribution in [3.63, 3.8) is 0 Å². The van der Waals surface area contributed by atoms with Crippen LogP contribution in [0.2, 0.25) is 0 Å². The molecule has 0 bridgehead atoms. The molecule has 374 valence electrons. The smallest absolute Gasteiger partial charge is 0.249 e. The number of unbranched alkanes of at least 4 members (excludes halogenated alkanes) is 1. The molecule has 0 saturated carbocycles. The molecule has 5 heterocycles. The van der Waals surface area contributed by atoms with Gasteiger partial charge >= 0.3 is 0 Å². The number of hydrogen-bond acceptors (Lipinski definition) is 3. The van der Waals surface area contributed by atoms with Gasteiger partial charge in [0.25, 0.3) is 0 Å². The normalized spacial score (nSPS) is 13.7. The molecule has 2 aliphatic heterocycles. The third kappa shape index (κ3) is 7.19. The van der Waals surface area contributed by atoms with E-state index in [1.165, 1.54) is 126 Å². The second-order valence-electron chi connectivity index (χ2n) is 24.8. The molecular formula is C70H64BN3OS. The van der Waals surface area contributed by atoms with Crippen LogP contribution in [-0.4, -0.2) is 15.8 Å². The summed E-state index contributed by atoms with van der Waals surface area (Å²) in [6, 6.07) is 65.3. The van der Waals surface area contributed by atoms with Crippen molar-refractivity contribution in [2.45, 2.75) is 115 Å². The van der Waals surface area contributed by atoms with Crippen LogP contribution in [0.5, 0.6) is 0 Å². The van der Waals surface area contributed by atoms with E-state index < -0.39 is 0 Å². The molecule has 0 unspecified atom stereocenters. The summed E-state index contributed by atoms with van der Waals surface area (Å²) in [6.45, 7) is 23.3. The van der Waals surface area contributed by atoms with Crippen molar-refractivity contribution >= 4 is 117 Å². The zero-order valence-corrected chi connectivity index (χ0v) is 46.3. The van der Waals surface area contributed by atoms with Crippen LogP contribution in [0.1, 0.15) is 104 Å². The monoisotopic (exact) mass is 1010 g/mol. The molecule has 76 heavy (non-hydrogen) atoms. The van der Waals surface area contributed by atoms with E-state index >= 15 is 0 Å². The number of rotatable bonds is 6. The molecule has 6 heteroatoms. The quantitative estimate of drug-likeness (QED) is 0.155. The van der Waals surface area contributed by atoms with Crippen molar-refractivity contribution < 1.29 is 4.42 Å². The molecule has 3 aromatic heterocycles. The lowest BCUT2D eigenvalue weighted by atomic mass is 9.34. The molecule has 0 atom stereocenters. The summed E-state index contributed by atoms with van der Waals surface area (Å²) in [4.78, 5) is 5.28. The maximum Gasteiger partial charge on any atom is 0.249 e. The predicted molar refractivity (Wildman–Crippen MR) is 327 cm³/mol. The Balaban J connectivity index is 1.04. The van der Waals surface area contributed by atoms with Crippen LogP contribution in [0, 0.1) is 0 Å².